The van der Waals surface area contributed by atoms with Crippen LogP contribution in [0.4, 0.5) is 0 Å². The lowest BCUT2D eigenvalue weighted by Gasteiger charge is -2.20. The first-order valence-corrected chi connectivity index (χ1v) is 8.38. The molecule has 1 unspecified atom stereocenters. The number of hydrogen-bond acceptors (Lipinski definition) is 3. The zero-order chi connectivity index (χ0) is 15.9. The minimum absolute atomic E-state index is 0.175. The Morgan fingerprint density at radius 1 is 0.773 bits per heavy atom. The standard InChI is InChI=1S/C19H24O3/c1-2-3-4-5-6-7-8-13-16-17(20)14-11-9-10-12-15(14)18(21)19(16)22/h9-12,16H,2-8,13H2,1H3. The van der Waals surface area contributed by atoms with Crippen LogP contribution in [0.3, 0.4) is 0 Å². The van der Waals surface area contributed by atoms with Crippen molar-refractivity contribution in [3.8, 4) is 0 Å². The van der Waals surface area contributed by atoms with Gasteiger partial charge in [0.25, 0.3) is 0 Å². The molecule has 1 aliphatic rings. The summed E-state index contributed by atoms with van der Waals surface area (Å²) < 4.78 is 0. The highest BCUT2D eigenvalue weighted by Crippen LogP contribution is 2.27. The van der Waals surface area contributed by atoms with Crippen molar-refractivity contribution in [3.05, 3.63) is 35.4 Å². The van der Waals surface area contributed by atoms with Gasteiger partial charge >= 0.3 is 0 Å². The molecular formula is C19H24O3. The number of unbranched alkanes of at least 4 members (excludes halogenated alkanes) is 6. The molecule has 1 aromatic rings. The van der Waals surface area contributed by atoms with E-state index < -0.39 is 17.5 Å². The maximum atomic E-state index is 12.4. The fourth-order valence-corrected chi connectivity index (χ4v) is 3.06. The van der Waals surface area contributed by atoms with Gasteiger partial charge in [0.15, 0.2) is 5.78 Å². The van der Waals surface area contributed by atoms with E-state index in [-0.39, 0.29) is 11.3 Å². The molecule has 0 radical (unpaired) electrons. The van der Waals surface area contributed by atoms with Crippen LogP contribution in [0.15, 0.2) is 24.3 Å². The number of hydrogen-bond donors (Lipinski definition) is 0. The van der Waals surface area contributed by atoms with Gasteiger partial charge in [-0.3, -0.25) is 14.4 Å². The van der Waals surface area contributed by atoms with Gasteiger partial charge < -0.3 is 0 Å². The van der Waals surface area contributed by atoms with Crippen LogP contribution >= 0.6 is 0 Å². The average molecular weight is 300 g/mol. The van der Waals surface area contributed by atoms with Gasteiger partial charge in [-0.05, 0) is 6.42 Å². The van der Waals surface area contributed by atoms with Gasteiger partial charge in [-0.15, -0.1) is 0 Å². The van der Waals surface area contributed by atoms with Crippen LogP contribution in [0.1, 0.15) is 79.0 Å². The topological polar surface area (TPSA) is 51.2 Å². The monoisotopic (exact) mass is 300 g/mol. The lowest BCUT2D eigenvalue weighted by atomic mass is 9.78. The van der Waals surface area contributed by atoms with E-state index in [4.69, 9.17) is 0 Å². The number of ketones is 3. The summed E-state index contributed by atoms with van der Waals surface area (Å²) in [5.41, 5.74) is 0.688. The van der Waals surface area contributed by atoms with Crippen LogP contribution in [-0.2, 0) is 4.79 Å². The molecule has 1 atom stereocenters. The van der Waals surface area contributed by atoms with Gasteiger partial charge in [0.2, 0.25) is 11.6 Å². The van der Waals surface area contributed by atoms with Crippen molar-refractivity contribution in [2.45, 2.75) is 58.3 Å². The van der Waals surface area contributed by atoms with Crippen molar-refractivity contribution in [2.75, 3.05) is 0 Å². The molecule has 0 N–H and O–H groups in total. The predicted molar refractivity (Wildman–Crippen MR) is 86.2 cm³/mol. The van der Waals surface area contributed by atoms with Gasteiger partial charge in [-0.25, -0.2) is 0 Å². The normalized spacial score (nSPS) is 17.7. The fourth-order valence-electron chi connectivity index (χ4n) is 3.06. The highest BCUT2D eigenvalue weighted by Gasteiger charge is 2.39. The molecule has 0 bridgehead atoms. The molecule has 0 heterocycles. The van der Waals surface area contributed by atoms with E-state index in [1.807, 2.05) is 0 Å². The summed E-state index contributed by atoms with van der Waals surface area (Å²) in [6, 6.07) is 6.65. The summed E-state index contributed by atoms with van der Waals surface area (Å²) in [6.07, 6.45) is 8.47. The van der Waals surface area contributed by atoms with E-state index in [0.29, 0.717) is 12.0 Å². The van der Waals surface area contributed by atoms with E-state index in [9.17, 15) is 14.4 Å². The van der Waals surface area contributed by atoms with Crippen LogP contribution in [0.25, 0.3) is 0 Å². The van der Waals surface area contributed by atoms with E-state index in [2.05, 4.69) is 6.92 Å². The maximum absolute atomic E-state index is 12.4. The Morgan fingerprint density at radius 3 is 2.05 bits per heavy atom. The Morgan fingerprint density at radius 2 is 1.36 bits per heavy atom. The molecule has 118 valence electrons. The Kier molecular flexibility index (Phi) is 6.05. The van der Waals surface area contributed by atoms with Crippen molar-refractivity contribution in [2.24, 2.45) is 5.92 Å². The number of rotatable bonds is 8. The second-order valence-corrected chi connectivity index (χ2v) is 6.07. The van der Waals surface area contributed by atoms with Crippen LogP contribution in [0.2, 0.25) is 0 Å². The third kappa shape index (κ3) is 3.70. The quantitative estimate of drug-likeness (QED) is 0.406. The van der Waals surface area contributed by atoms with Crippen molar-refractivity contribution >= 4 is 17.3 Å². The molecule has 0 amide bonds. The molecule has 1 aromatic carbocycles. The minimum Gasteiger partial charge on any atom is -0.293 e. The van der Waals surface area contributed by atoms with E-state index >= 15 is 0 Å². The van der Waals surface area contributed by atoms with Crippen molar-refractivity contribution in [3.63, 3.8) is 0 Å². The Hall–Kier alpha value is -1.77. The number of fused-ring (bicyclic) bond motifs is 1. The molecule has 2 rings (SSSR count). The zero-order valence-corrected chi connectivity index (χ0v) is 13.3. The smallest absolute Gasteiger partial charge is 0.230 e. The number of Topliss-reactive ketones (excluding diaryl/α,β-unsaturated/α-hetero) is 3. The first-order valence-electron chi connectivity index (χ1n) is 8.38. The molecular weight excluding hydrogens is 276 g/mol. The SMILES string of the molecule is CCCCCCCCCC1C(=O)C(=O)c2ccccc2C1=O. The summed E-state index contributed by atoms with van der Waals surface area (Å²) in [5, 5.41) is 0. The first-order chi connectivity index (χ1) is 10.7. The van der Waals surface area contributed by atoms with Crippen molar-refractivity contribution in [1.82, 2.24) is 0 Å². The summed E-state index contributed by atoms with van der Waals surface area (Å²) in [5.74, 6) is -1.94. The molecule has 0 aromatic heterocycles. The van der Waals surface area contributed by atoms with Crippen LogP contribution in [0, 0.1) is 5.92 Å². The van der Waals surface area contributed by atoms with Gasteiger partial charge in [0.1, 0.15) is 0 Å². The van der Waals surface area contributed by atoms with Gasteiger partial charge in [0.05, 0.1) is 5.92 Å². The zero-order valence-electron chi connectivity index (χ0n) is 13.3. The fraction of sp³-hybridized carbons (Fsp3) is 0.526. The van der Waals surface area contributed by atoms with E-state index in [0.717, 1.165) is 19.3 Å². The highest BCUT2D eigenvalue weighted by molar-refractivity contribution is 6.51. The summed E-state index contributed by atoms with van der Waals surface area (Å²) in [7, 11) is 0. The first kappa shape index (κ1) is 16.6. The molecule has 0 fully saturated rings. The van der Waals surface area contributed by atoms with Crippen LogP contribution in [-0.4, -0.2) is 17.3 Å². The maximum Gasteiger partial charge on any atom is 0.230 e. The second-order valence-electron chi connectivity index (χ2n) is 6.07. The second kappa shape index (κ2) is 8.02. The Balaban J connectivity index is 1.88. The third-order valence-corrected chi connectivity index (χ3v) is 4.39. The molecule has 0 aliphatic heterocycles. The predicted octanol–water partition coefficient (Wildman–Crippen LogP) is 4.39. The average Bonchev–Trinajstić information content (AvgIpc) is 2.54. The highest BCUT2D eigenvalue weighted by atomic mass is 16.2. The Labute approximate surface area is 132 Å². The Bertz CT molecular complexity index is 560. The van der Waals surface area contributed by atoms with E-state index in [1.165, 1.54) is 25.7 Å². The number of carbonyl (C=O) groups excluding carboxylic acids is 3. The molecule has 0 spiro atoms. The van der Waals surface area contributed by atoms with Crippen LogP contribution < -0.4 is 0 Å². The van der Waals surface area contributed by atoms with Crippen LogP contribution in [0.5, 0.6) is 0 Å². The van der Waals surface area contributed by atoms with Gasteiger partial charge in [-0.1, -0.05) is 76.1 Å². The lowest BCUT2D eigenvalue weighted by Crippen LogP contribution is -2.36. The van der Waals surface area contributed by atoms with Gasteiger partial charge in [-0.2, -0.15) is 0 Å². The lowest BCUT2D eigenvalue weighted by molar-refractivity contribution is -0.117. The summed E-state index contributed by atoms with van der Waals surface area (Å²) in [4.78, 5) is 36.6. The van der Waals surface area contributed by atoms with Crippen molar-refractivity contribution < 1.29 is 14.4 Å². The third-order valence-electron chi connectivity index (χ3n) is 4.39. The largest absolute Gasteiger partial charge is 0.293 e. The summed E-state index contributed by atoms with van der Waals surface area (Å²) in [6.45, 7) is 2.19. The molecule has 22 heavy (non-hydrogen) atoms. The molecule has 3 nitrogen and oxygen atoms in total. The number of carbonyl (C=O) groups is 3. The summed E-state index contributed by atoms with van der Waals surface area (Å²) >= 11 is 0. The van der Waals surface area contributed by atoms with E-state index in [1.54, 1.807) is 24.3 Å². The molecule has 0 saturated carbocycles. The van der Waals surface area contributed by atoms with Gasteiger partial charge in [0, 0.05) is 11.1 Å². The molecule has 0 saturated heterocycles. The molecule has 3 heteroatoms. The molecule has 1 aliphatic carbocycles. The minimum atomic E-state index is -0.752. The van der Waals surface area contributed by atoms with Crippen molar-refractivity contribution in [1.29, 1.82) is 0 Å². The number of benzene rings is 1.